The van der Waals surface area contributed by atoms with Crippen molar-refractivity contribution in [2.45, 2.75) is 32.4 Å². The maximum atomic E-state index is 8.93. The van der Waals surface area contributed by atoms with E-state index in [-0.39, 0.29) is 6.61 Å². The smallest absolute Gasteiger partial charge is 0.135 e. The van der Waals surface area contributed by atoms with Crippen molar-refractivity contribution in [3.63, 3.8) is 0 Å². The predicted octanol–water partition coefficient (Wildman–Crippen LogP) is 1.02. The molecule has 0 atom stereocenters. The number of aliphatic hydroxyl groups excluding tert-OH is 1. The Morgan fingerprint density at radius 1 is 1.73 bits per heavy atom. The van der Waals surface area contributed by atoms with Crippen LogP contribution < -0.4 is 0 Å². The van der Waals surface area contributed by atoms with Crippen LogP contribution in [0.1, 0.15) is 30.4 Å². The molecule has 0 aromatic carbocycles. The zero-order chi connectivity index (χ0) is 7.84. The molecule has 0 unspecified atom stereocenters. The number of hydrogen-bond donors (Lipinski definition) is 1. The van der Waals surface area contributed by atoms with Crippen molar-refractivity contribution < 1.29 is 5.11 Å². The van der Waals surface area contributed by atoms with E-state index >= 15 is 0 Å². The van der Waals surface area contributed by atoms with Crippen LogP contribution in [-0.4, -0.2) is 14.7 Å². The molecule has 1 aliphatic carbocycles. The molecule has 1 aliphatic rings. The van der Waals surface area contributed by atoms with Crippen LogP contribution in [0.5, 0.6) is 0 Å². The second-order valence-corrected chi connectivity index (χ2v) is 3.10. The molecule has 3 nitrogen and oxygen atoms in total. The number of rotatable bonds is 2. The highest BCUT2D eigenvalue weighted by Crippen LogP contribution is 2.35. The molecule has 0 saturated heterocycles. The molecule has 0 radical (unpaired) electrons. The number of hydrogen-bond acceptors (Lipinski definition) is 2. The maximum absolute atomic E-state index is 8.93. The summed E-state index contributed by atoms with van der Waals surface area (Å²) in [5, 5.41) is 8.93. The van der Waals surface area contributed by atoms with Crippen molar-refractivity contribution in [1.29, 1.82) is 0 Å². The first-order chi connectivity index (χ1) is 5.31. The van der Waals surface area contributed by atoms with Crippen LogP contribution >= 0.6 is 0 Å². The molecular formula is C8H12N2O. The lowest BCUT2D eigenvalue weighted by Gasteiger charge is -2.00. The Morgan fingerprint density at radius 3 is 3.00 bits per heavy atom. The van der Waals surface area contributed by atoms with Gasteiger partial charge >= 0.3 is 0 Å². The quantitative estimate of drug-likeness (QED) is 0.687. The van der Waals surface area contributed by atoms with Crippen LogP contribution in [0.15, 0.2) is 6.20 Å². The Bertz CT molecular complexity index is 263. The van der Waals surface area contributed by atoms with Crippen molar-refractivity contribution in [1.82, 2.24) is 9.55 Å². The van der Waals surface area contributed by atoms with E-state index in [1.54, 1.807) is 0 Å². The molecule has 1 N–H and O–H groups in total. The van der Waals surface area contributed by atoms with Gasteiger partial charge in [0.15, 0.2) is 0 Å². The van der Waals surface area contributed by atoms with E-state index in [1.165, 1.54) is 12.8 Å². The summed E-state index contributed by atoms with van der Waals surface area (Å²) in [6.45, 7) is 2.02. The van der Waals surface area contributed by atoms with E-state index in [4.69, 9.17) is 5.11 Å². The topological polar surface area (TPSA) is 38.0 Å². The van der Waals surface area contributed by atoms with Crippen LogP contribution in [0.2, 0.25) is 0 Å². The normalized spacial score (nSPS) is 17.3. The fourth-order valence-electron chi connectivity index (χ4n) is 1.35. The van der Waals surface area contributed by atoms with Gasteiger partial charge in [0.1, 0.15) is 12.4 Å². The first kappa shape index (κ1) is 6.85. The molecule has 60 valence electrons. The highest BCUT2D eigenvalue weighted by Gasteiger charge is 2.25. The number of aliphatic hydroxyl groups is 1. The zero-order valence-electron chi connectivity index (χ0n) is 6.62. The molecule has 1 aromatic heterocycles. The van der Waals surface area contributed by atoms with Gasteiger partial charge in [-0.2, -0.15) is 0 Å². The minimum absolute atomic E-state index is 0.0599. The van der Waals surface area contributed by atoms with Crippen LogP contribution in [0, 0.1) is 6.92 Å². The lowest BCUT2D eigenvalue weighted by molar-refractivity contribution is 0.265. The van der Waals surface area contributed by atoms with E-state index in [1.807, 2.05) is 13.1 Å². The van der Waals surface area contributed by atoms with Crippen molar-refractivity contribution in [2.24, 2.45) is 0 Å². The Balaban J connectivity index is 2.34. The first-order valence-electron chi connectivity index (χ1n) is 3.96. The third-order valence-electron chi connectivity index (χ3n) is 2.01. The first-order valence-corrected chi connectivity index (χ1v) is 3.96. The van der Waals surface area contributed by atoms with Gasteiger partial charge in [-0.3, -0.25) is 0 Å². The van der Waals surface area contributed by atoms with Gasteiger partial charge in [0.05, 0.1) is 5.69 Å². The standard InChI is InChI=1S/C8H12N2O/c1-6-4-10(7-2-3-7)8(5-11)9-6/h4,7,11H,2-3,5H2,1H3. The van der Waals surface area contributed by atoms with Crippen molar-refractivity contribution in [3.8, 4) is 0 Å². The van der Waals surface area contributed by atoms with Gasteiger partial charge in [0.25, 0.3) is 0 Å². The SMILES string of the molecule is Cc1cn(C2CC2)c(CO)n1. The summed E-state index contributed by atoms with van der Waals surface area (Å²) in [5.74, 6) is 0.810. The number of nitrogens with zero attached hydrogens (tertiary/aromatic N) is 2. The van der Waals surface area contributed by atoms with Crippen LogP contribution in [0.4, 0.5) is 0 Å². The predicted molar refractivity (Wildman–Crippen MR) is 41.2 cm³/mol. The summed E-state index contributed by atoms with van der Waals surface area (Å²) in [4.78, 5) is 4.20. The summed E-state index contributed by atoms with van der Waals surface area (Å²) in [6, 6.07) is 0.623. The van der Waals surface area contributed by atoms with Gasteiger partial charge in [0.2, 0.25) is 0 Å². The van der Waals surface area contributed by atoms with E-state index < -0.39 is 0 Å². The molecule has 0 amide bonds. The molecule has 11 heavy (non-hydrogen) atoms. The molecule has 0 bridgehead atoms. The highest BCUT2D eigenvalue weighted by atomic mass is 16.3. The van der Waals surface area contributed by atoms with E-state index in [9.17, 15) is 0 Å². The summed E-state index contributed by atoms with van der Waals surface area (Å²) < 4.78 is 2.09. The molecule has 2 rings (SSSR count). The summed E-state index contributed by atoms with van der Waals surface area (Å²) in [7, 11) is 0. The average Bonchev–Trinajstić information content (AvgIpc) is 2.75. The van der Waals surface area contributed by atoms with Gasteiger partial charge in [-0.25, -0.2) is 4.98 Å². The van der Waals surface area contributed by atoms with Gasteiger partial charge in [-0.1, -0.05) is 0 Å². The Kier molecular flexibility index (Phi) is 1.46. The lowest BCUT2D eigenvalue weighted by Crippen LogP contribution is -1.99. The van der Waals surface area contributed by atoms with E-state index in [0.29, 0.717) is 6.04 Å². The van der Waals surface area contributed by atoms with Crippen LogP contribution in [0.3, 0.4) is 0 Å². The maximum Gasteiger partial charge on any atom is 0.135 e. The second-order valence-electron chi connectivity index (χ2n) is 3.10. The fourth-order valence-corrected chi connectivity index (χ4v) is 1.35. The van der Waals surface area contributed by atoms with Gasteiger partial charge in [-0.15, -0.1) is 0 Å². The number of aromatic nitrogens is 2. The largest absolute Gasteiger partial charge is 0.388 e. The zero-order valence-corrected chi connectivity index (χ0v) is 6.62. The van der Waals surface area contributed by atoms with Gasteiger partial charge in [-0.05, 0) is 19.8 Å². The van der Waals surface area contributed by atoms with Crippen LogP contribution in [-0.2, 0) is 6.61 Å². The molecule has 1 aromatic rings. The third kappa shape index (κ3) is 1.16. The van der Waals surface area contributed by atoms with Gasteiger partial charge < -0.3 is 9.67 Å². The molecule has 3 heteroatoms. The second kappa shape index (κ2) is 2.34. The molecule has 1 saturated carbocycles. The average molecular weight is 152 g/mol. The summed E-state index contributed by atoms with van der Waals surface area (Å²) in [5.41, 5.74) is 1.00. The molecule has 0 spiro atoms. The van der Waals surface area contributed by atoms with Crippen molar-refractivity contribution in [3.05, 3.63) is 17.7 Å². The highest BCUT2D eigenvalue weighted by molar-refractivity contribution is 5.05. The Morgan fingerprint density at radius 2 is 2.45 bits per heavy atom. The fraction of sp³-hybridized carbons (Fsp3) is 0.625. The Labute approximate surface area is 65.7 Å². The van der Waals surface area contributed by atoms with Crippen LogP contribution in [0.25, 0.3) is 0 Å². The molecule has 1 fully saturated rings. The van der Waals surface area contributed by atoms with E-state index in [0.717, 1.165) is 11.5 Å². The number of aryl methyl sites for hydroxylation is 1. The number of imidazole rings is 1. The lowest BCUT2D eigenvalue weighted by atomic mass is 10.5. The minimum Gasteiger partial charge on any atom is -0.388 e. The van der Waals surface area contributed by atoms with Crippen molar-refractivity contribution in [2.75, 3.05) is 0 Å². The monoisotopic (exact) mass is 152 g/mol. The van der Waals surface area contributed by atoms with E-state index in [2.05, 4.69) is 9.55 Å². The van der Waals surface area contributed by atoms with Gasteiger partial charge in [0, 0.05) is 12.2 Å². The Hall–Kier alpha value is -0.830. The third-order valence-corrected chi connectivity index (χ3v) is 2.01. The molecule has 0 aliphatic heterocycles. The molecule has 1 heterocycles. The van der Waals surface area contributed by atoms with Crippen molar-refractivity contribution >= 4 is 0 Å². The summed E-state index contributed by atoms with van der Waals surface area (Å²) in [6.07, 6.45) is 4.49. The minimum atomic E-state index is 0.0599. The molecular weight excluding hydrogens is 140 g/mol. The summed E-state index contributed by atoms with van der Waals surface area (Å²) >= 11 is 0.